The number of oxazole rings is 1. The Balaban J connectivity index is 2.24. The first kappa shape index (κ1) is 20.7. The summed E-state index contributed by atoms with van der Waals surface area (Å²) in [5.41, 5.74) is -0.527. The maximum Gasteiger partial charge on any atom is 0.416 e. The summed E-state index contributed by atoms with van der Waals surface area (Å²) in [7, 11) is -1.57. The zero-order valence-corrected chi connectivity index (χ0v) is 15.4. The molecule has 0 aliphatic heterocycles. The smallest absolute Gasteiger partial charge is 0.416 e. The van der Waals surface area contributed by atoms with Crippen molar-refractivity contribution >= 4 is 27.8 Å². The monoisotopic (exact) mass is 406 g/mol. The standard InChI is InChI=1S/C15H17F3N4O4S/c1-4-9-5-6-10(15(16,17)18)7-11(9)19-14-20-12(8-26-14)13(23)21-27(24,25)22(2)3/h5-8H,4H2,1-3H3,(H,19,20)(H,21,23). The molecule has 0 aliphatic carbocycles. The van der Waals surface area contributed by atoms with Crippen LogP contribution in [0.5, 0.6) is 0 Å². The first-order valence-electron chi connectivity index (χ1n) is 7.61. The van der Waals surface area contributed by atoms with Crippen LogP contribution in [0.1, 0.15) is 28.5 Å². The van der Waals surface area contributed by atoms with Crippen LogP contribution in [0, 0.1) is 0 Å². The Labute approximate surface area is 153 Å². The second-order valence-electron chi connectivity index (χ2n) is 5.60. The van der Waals surface area contributed by atoms with E-state index in [1.165, 1.54) is 20.2 Å². The van der Waals surface area contributed by atoms with Crippen LogP contribution >= 0.6 is 0 Å². The lowest BCUT2D eigenvalue weighted by Gasteiger charge is -2.12. The summed E-state index contributed by atoms with van der Waals surface area (Å²) in [5, 5.41) is 2.58. The quantitative estimate of drug-likeness (QED) is 0.764. The number of nitrogens with one attached hydrogen (secondary N) is 2. The maximum absolute atomic E-state index is 12.9. The highest BCUT2D eigenvalue weighted by Crippen LogP contribution is 2.33. The minimum atomic E-state index is -4.52. The van der Waals surface area contributed by atoms with Gasteiger partial charge in [-0.15, -0.1) is 0 Å². The number of hydrogen-bond acceptors (Lipinski definition) is 6. The summed E-state index contributed by atoms with van der Waals surface area (Å²) in [6, 6.07) is 2.94. The van der Waals surface area contributed by atoms with Crippen molar-refractivity contribution in [2.24, 2.45) is 0 Å². The maximum atomic E-state index is 12.9. The fourth-order valence-corrected chi connectivity index (χ4v) is 2.51. The van der Waals surface area contributed by atoms with E-state index in [9.17, 15) is 26.4 Å². The van der Waals surface area contributed by atoms with E-state index in [0.29, 0.717) is 12.0 Å². The number of aryl methyl sites for hydroxylation is 1. The topological polar surface area (TPSA) is 105 Å². The Morgan fingerprint density at radius 2 is 1.96 bits per heavy atom. The van der Waals surface area contributed by atoms with Crippen molar-refractivity contribution < 1.29 is 30.8 Å². The minimum absolute atomic E-state index is 0.113. The molecule has 0 radical (unpaired) electrons. The molecule has 0 unspecified atom stereocenters. The van der Waals surface area contributed by atoms with Gasteiger partial charge in [-0.05, 0) is 24.1 Å². The van der Waals surface area contributed by atoms with Gasteiger partial charge in [0, 0.05) is 19.8 Å². The van der Waals surface area contributed by atoms with Crippen LogP contribution in [0.3, 0.4) is 0 Å². The highest BCUT2D eigenvalue weighted by molar-refractivity contribution is 7.87. The number of carbonyl (C=O) groups excluding carboxylic acids is 1. The molecule has 1 aromatic carbocycles. The second kappa shape index (κ2) is 7.56. The summed E-state index contributed by atoms with van der Waals surface area (Å²) in [4.78, 5) is 15.7. The van der Waals surface area contributed by atoms with Crippen LogP contribution in [-0.4, -0.2) is 37.7 Å². The summed E-state index contributed by atoms with van der Waals surface area (Å²) in [5.74, 6) is -1.04. The molecule has 12 heteroatoms. The lowest BCUT2D eigenvalue weighted by atomic mass is 10.1. The third-order valence-corrected chi connectivity index (χ3v) is 4.90. The molecule has 148 valence electrons. The molecule has 0 bridgehead atoms. The summed E-state index contributed by atoms with van der Waals surface area (Å²) in [6.45, 7) is 1.76. The van der Waals surface area contributed by atoms with E-state index >= 15 is 0 Å². The highest BCUT2D eigenvalue weighted by atomic mass is 32.2. The van der Waals surface area contributed by atoms with Crippen molar-refractivity contribution in [1.29, 1.82) is 0 Å². The fraction of sp³-hybridized carbons (Fsp3) is 0.333. The molecule has 1 amide bonds. The Hall–Kier alpha value is -2.60. The van der Waals surface area contributed by atoms with Gasteiger partial charge in [0.2, 0.25) is 0 Å². The van der Waals surface area contributed by atoms with Gasteiger partial charge in [0.25, 0.3) is 11.9 Å². The summed E-state index contributed by atoms with van der Waals surface area (Å²) >= 11 is 0. The second-order valence-corrected chi connectivity index (χ2v) is 7.49. The van der Waals surface area contributed by atoms with Gasteiger partial charge in [-0.1, -0.05) is 13.0 Å². The van der Waals surface area contributed by atoms with Crippen molar-refractivity contribution in [2.75, 3.05) is 19.4 Å². The van der Waals surface area contributed by atoms with E-state index in [2.05, 4.69) is 10.3 Å². The molecule has 2 aromatic rings. The lowest BCUT2D eigenvalue weighted by Crippen LogP contribution is -2.39. The van der Waals surface area contributed by atoms with Gasteiger partial charge < -0.3 is 9.73 Å². The Morgan fingerprint density at radius 3 is 2.52 bits per heavy atom. The third-order valence-electron chi connectivity index (χ3n) is 3.50. The first-order valence-corrected chi connectivity index (χ1v) is 9.05. The van der Waals surface area contributed by atoms with Crippen LogP contribution in [-0.2, 0) is 22.8 Å². The van der Waals surface area contributed by atoms with E-state index in [0.717, 1.165) is 22.7 Å². The molecule has 2 N–H and O–H groups in total. The molecule has 0 fully saturated rings. The molecule has 0 spiro atoms. The summed E-state index contributed by atoms with van der Waals surface area (Å²) in [6.07, 6.45) is -3.19. The molecule has 0 atom stereocenters. The van der Waals surface area contributed by atoms with Gasteiger partial charge in [-0.3, -0.25) is 4.79 Å². The van der Waals surface area contributed by atoms with Crippen molar-refractivity contribution in [3.8, 4) is 0 Å². The molecule has 0 aliphatic rings. The third kappa shape index (κ3) is 4.98. The van der Waals surface area contributed by atoms with E-state index in [1.54, 1.807) is 11.6 Å². The molecule has 0 saturated heterocycles. The van der Waals surface area contributed by atoms with Crippen LogP contribution in [0.15, 0.2) is 28.9 Å². The van der Waals surface area contributed by atoms with Crippen molar-refractivity contribution in [3.05, 3.63) is 41.3 Å². The van der Waals surface area contributed by atoms with Crippen molar-refractivity contribution in [1.82, 2.24) is 14.0 Å². The average Bonchev–Trinajstić information content (AvgIpc) is 3.02. The van der Waals surface area contributed by atoms with E-state index < -0.39 is 27.9 Å². The number of halogens is 3. The fourth-order valence-electron chi connectivity index (χ4n) is 1.99. The molecule has 27 heavy (non-hydrogen) atoms. The molecule has 1 aromatic heterocycles. The zero-order valence-electron chi connectivity index (χ0n) is 14.6. The number of anilines is 2. The number of carbonyl (C=O) groups is 1. The van der Waals surface area contributed by atoms with E-state index in [1.807, 2.05) is 0 Å². The predicted octanol–water partition coefficient (Wildman–Crippen LogP) is 2.54. The number of hydrogen-bond donors (Lipinski definition) is 2. The molecule has 1 heterocycles. The van der Waals surface area contributed by atoms with Gasteiger partial charge >= 0.3 is 16.4 Å². The van der Waals surface area contributed by atoms with Crippen LogP contribution < -0.4 is 10.0 Å². The van der Waals surface area contributed by atoms with Crippen molar-refractivity contribution in [2.45, 2.75) is 19.5 Å². The highest BCUT2D eigenvalue weighted by Gasteiger charge is 2.31. The molecule has 0 saturated carbocycles. The molecule has 2 rings (SSSR count). The largest absolute Gasteiger partial charge is 0.431 e. The number of rotatable bonds is 6. The lowest BCUT2D eigenvalue weighted by molar-refractivity contribution is -0.137. The Kier molecular flexibility index (Phi) is 5.80. The number of aromatic nitrogens is 1. The number of alkyl halides is 3. The predicted molar refractivity (Wildman–Crippen MR) is 90.7 cm³/mol. The van der Waals surface area contributed by atoms with Crippen LogP contribution in [0.25, 0.3) is 0 Å². The Bertz CT molecular complexity index is 939. The minimum Gasteiger partial charge on any atom is -0.431 e. The van der Waals surface area contributed by atoms with Gasteiger partial charge in [0.1, 0.15) is 6.26 Å². The number of amides is 1. The Morgan fingerprint density at radius 1 is 1.30 bits per heavy atom. The summed E-state index contributed by atoms with van der Waals surface area (Å²) < 4.78 is 69.5. The number of nitrogens with zero attached hydrogens (tertiary/aromatic N) is 2. The average molecular weight is 406 g/mol. The van der Waals surface area contributed by atoms with Gasteiger partial charge in [0.15, 0.2) is 5.69 Å². The van der Waals surface area contributed by atoms with Gasteiger partial charge in [-0.2, -0.15) is 30.9 Å². The number of benzene rings is 1. The molecule has 8 nitrogen and oxygen atoms in total. The normalized spacial score (nSPS) is 12.3. The molecular weight excluding hydrogens is 389 g/mol. The van der Waals surface area contributed by atoms with Gasteiger partial charge in [0.05, 0.1) is 5.56 Å². The van der Waals surface area contributed by atoms with E-state index in [-0.39, 0.29) is 17.4 Å². The SMILES string of the molecule is CCc1ccc(C(F)(F)F)cc1Nc1nc(C(=O)NS(=O)(=O)N(C)C)co1. The van der Waals surface area contributed by atoms with E-state index in [4.69, 9.17) is 4.42 Å². The van der Waals surface area contributed by atoms with Crippen molar-refractivity contribution in [3.63, 3.8) is 0 Å². The van der Waals surface area contributed by atoms with Gasteiger partial charge in [-0.25, -0.2) is 4.72 Å². The first-order chi connectivity index (χ1) is 12.4. The van der Waals surface area contributed by atoms with Crippen LogP contribution in [0.4, 0.5) is 24.9 Å². The van der Waals surface area contributed by atoms with Crippen LogP contribution in [0.2, 0.25) is 0 Å². The zero-order chi connectivity index (χ0) is 20.4. The molecular formula is C15H17F3N4O4S.